The number of benzene rings is 1. The van der Waals surface area contributed by atoms with Crippen molar-refractivity contribution in [1.82, 2.24) is 14.9 Å². The highest BCUT2D eigenvalue weighted by Gasteiger charge is 2.20. The molecule has 0 saturated carbocycles. The van der Waals surface area contributed by atoms with E-state index in [1.165, 1.54) is 5.56 Å². The number of aryl methyl sites for hydroxylation is 1. The Morgan fingerprint density at radius 1 is 1.43 bits per heavy atom. The average Bonchev–Trinajstić information content (AvgIpc) is 2.96. The molecule has 2 heterocycles. The number of nitrogens with one attached hydrogen (secondary N) is 1. The van der Waals surface area contributed by atoms with Crippen LogP contribution < -0.4 is 5.32 Å². The molecule has 4 nitrogen and oxygen atoms in total. The number of Topliss-reactive ketones (excluding diaryl/α,β-unsaturated/α-hetero) is 1. The van der Waals surface area contributed by atoms with Crippen molar-refractivity contribution in [3.05, 3.63) is 52.6 Å². The second-order valence-electron chi connectivity index (χ2n) is 5.73. The molecule has 1 atom stereocenters. The molecule has 0 bridgehead atoms. The van der Waals surface area contributed by atoms with E-state index in [9.17, 15) is 4.79 Å². The predicted molar refractivity (Wildman–Crippen MR) is 94.1 cm³/mol. The molecule has 1 unspecified atom stereocenters. The van der Waals surface area contributed by atoms with Crippen LogP contribution in [0, 0.1) is 0 Å². The van der Waals surface area contributed by atoms with E-state index in [-0.39, 0.29) is 11.8 Å². The van der Waals surface area contributed by atoms with E-state index in [1.54, 1.807) is 13.1 Å². The summed E-state index contributed by atoms with van der Waals surface area (Å²) in [6.07, 6.45) is 3.91. The van der Waals surface area contributed by atoms with Gasteiger partial charge in [0.25, 0.3) is 0 Å². The van der Waals surface area contributed by atoms with E-state index in [2.05, 4.69) is 30.2 Å². The zero-order valence-electron chi connectivity index (χ0n) is 14.0. The summed E-state index contributed by atoms with van der Waals surface area (Å²) in [7, 11) is 0. The van der Waals surface area contributed by atoms with Crippen LogP contribution in [0.1, 0.15) is 55.1 Å². The minimum atomic E-state index is 0.0906. The summed E-state index contributed by atoms with van der Waals surface area (Å²) in [5, 5.41) is 4.19. The lowest BCUT2D eigenvalue weighted by Crippen LogP contribution is -2.33. The second kappa shape index (κ2) is 8.27. The van der Waals surface area contributed by atoms with Crippen LogP contribution in [0.4, 0.5) is 0 Å². The normalized spacial score (nSPS) is 16.3. The number of fused-ring (bicyclic) bond motifs is 1. The number of imidazole rings is 1. The molecule has 0 aliphatic carbocycles. The van der Waals surface area contributed by atoms with Crippen molar-refractivity contribution < 1.29 is 4.79 Å². The Hall–Kier alpha value is -1.65. The highest BCUT2D eigenvalue weighted by Crippen LogP contribution is 2.17. The van der Waals surface area contributed by atoms with E-state index < -0.39 is 0 Å². The maximum Gasteiger partial charge on any atom is 0.177 e. The zero-order chi connectivity index (χ0) is 16.8. The Balaban J connectivity index is 0.000000174. The van der Waals surface area contributed by atoms with Gasteiger partial charge >= 0.3 is 0 Å². The first-order valence-electron chi connectivity index (χ1n) is 8.07. The zero-order valence-corrected chi connectivity index (χ0v) is 14.7. The molecule has 1 aliphatic rings. The number of rotatable bonds is 3. The monoisotopic (exact) mass is 333 g/mol. The molecule has 0 fully saturated rings. The summed E-state index contributed by atoms with van der Waals surface area (Å²) in [4.78, 5) is 15.4. The first-order valence-corrected chi connectivity index (χ1v) is 8.45. The number of hydrogen-bond donors (Lipinski definition) is 1. The van der Waals surface area contributed by atoms with Crippen molar-refractivity contribution in [2.45, 2.75) is 46.2 Å². The molecule has 5 heteroatoms. The van der Waals surface area contributed by atoms with Crippen LogP contribution in [0.15, 0.2) is 30.5 Å². The van der Waals surface area contributed by atoms with Gasteiger partial charge in [0.2, 0.25) is 0 Å². The van der Waals surface area contributed by atoms with Crippen molar-refractivity contribution in [1.29, 1.82) is 0 Å². The fraction of sp³-hybridized carbons (Fsp3) is 0.444. The van der Waals surface area contributed by atoms with Gasteiger partial charge < -0.3 is 9.88 Å². The molecular weight excluding hydrogens is 310 g/mol. The lowest BCUT2D eigenvalue weighted by Gasteiger charge is -2.22. The Kier molecular flexibility index (Phi) is 6.37. The number of nitrogens with zero attached hydrogens (tertiary/aromatic N) is 2. The van der Waals surface area contributed by atoms with Crippen molar-refractivity contribution in [2.75, 3.05) is 6.54 Å². The molecule has 0 amide bonds. The van der Waals surface area contributed by atoms with Crippen molar-refractivity contribution >= 4 is 17.4 Å². The van der Waals surface area contributed by atoms with Crippen LogP contribution in [0.25, 0.3) is 0 Å². The van der Waals surface area contributed by atoms with Crippen LogP contribution in [0.3, 0.4) is 0 Å². The smallest absolute Gasteiger partial charge is 0.177 e. The molecule has 0 radical (unpaired) electrons. The topological polar surface area (TPSA) is 46.9 Å². The summed E-state index contributed by atoms with van der Waals surface area (Å²) >= 11 is 5.90. The number of carbonyl (C=O) groups is 1. The Labute approximate surface area is 142 Å². The summed E-state index contributed by atoms with van der Waals surface area (Å²) in [6, 6.07) is 8.25. The Bertz CT molecular complexity index is 666. The number of ketones is 1. The van der Waals surface area contributed by atoms with Gasteiger partial charge in [-0.1, -0.05) is 43.1 Å². The fourth-order valence-electron chi connectivity index (χ4n) is 2.71. The van der Waals surface area contributed by atoms with Gasteiger partial charge in [-0.25, -0.2) is 4.98 Å². The summed E-state index contributed by atoms with van der Waals surface area (Å²) < 4.78 is 2.00. The van der Waals surface area contributed by atoms with Crippen molar-refractivity contribution in [3.8, 4) is 0 Å². The largest absolute Gasteiger partial charge is 0.323 e. The first-order chi connectivity index (χ1) is 11.0. The summed E-state index contributed by atoms with van der Waals surface area (Å²) in [5.41, 5.74) is 1.98. The maximum absolute atomic E-state index is 11.2. The van der Waals surface area contributed by atoms with Crippen LogP contribution >= 0.6 is 11.6 Å². The molecular formula is C18H24ClN3O. The van der Waals surface area contributed by atoms with Gasteiger partial charge in [-0.3, -0.25) is 4.79 Å². The van der Waals surface area contributed by atoms with Crippen LogP contribution in [0.2, 0.25) is 5.02 Å². The minimum Gasteiger partial charge on any atom is -0.323 e. The van der Waals surface area contributed by atoms with E-state index in [4.69, 9.17) is 11.6 Å². The van der Waals surface area contributed by atoms with Gasteiger partial charge in [0.15, 0.2) is 5.78 Å². The highest BCUT2D eigenvalue weighted by atomic mass is 35.5. The quantitative estimate of drug-likeness (QED) is 0.862. The number of hydrogen-bond acceptors (Lipinski definition) is 3. The minimum absolute atomic E-state index is 0.0906. The summed E-state index contributed by atoms with van der Waals surface area (Å²) in [6.45, 7) is 7.54. The van der Waals surface area contributed by atoms with Crippen molar-refractivity contribution in [2.24, 2.45) is 0 Å². The van der Waals surface area contributed by atoms with Gasteiger partial charge in [0.1, 0.15) is 11.5 Å². The molecule has 1 aromatic heterocycles. The van der Waals surface area contributed by atoms with E-state index >= 15 is 0 Å². The second-order valence-corrected chi connectivity index (χ2v) is 6.13. The standard InChI is InChI=1S/C9H11Cl.C9H13N3O/c1-2-5-8-6-3-4-7-9(8)10;1-6-9-11-5-8(7(2)13)12(9)4-3-10-6/h3-4,6-7H,2,5H2,1H3;5-6,10H,3-4H2,1-2H3. The molecule has 0 spiro atoms. The molecule has 23 heavy (non-hydrogen) atoms. The number of carbonyl (C=O) groups excluding carboxylic acids is 1. The van der Waals surface area contributed by atoms with Gasteiger partial charge in [-0.15, -0.1) is 0 Å². The molecule has 3 rings (SSSR count). The van der Waals surface area contributed by atoms with Crippen LogP contribution in [-0.4, -0.2) is 21.9 Å². The molecule has 1 aromatic carbocycles. The van der Waals surface area contributed by atoms with Crippen LogP contribution in [-0.2, 0) is 13.0 Å². The molecule has 1 aliphatic heterocycles. The van der Waals surface area contributed by atoms with Gasteiger partial charge in [-0.05, 0) is 25.0 Å². The third-order valence-corrected chi connectivity index (χ3v) is 4.27. The molecule has 2 aromatic rings. The van der Waals surface area contributed by atoms with E-state index in [0.717, 1.165) is 42.5 Å². The lowest BCUT2D eigenvalue weighted by molar-refractivity contribution is 0.100. The van der Waals surface area contributed by atoms with Gasteiger partial charge in [-0.2, -0.15) is 0 Å². The average molecular weight is 334 g/mol. The van der Waals surface area contributed by atoms with Gasteiger partial charge in [0, 0.05) is 25.0 Å². The number of aromatic nitrogens is 2. The highest BCUT2D eigenvalue weighted by molar-refractivity contribution is 6.31. The molecule has 1 N–H and O–H groups in total. The summed E-state index contributed by atoms with van der Waals surface area (Å²) in [5.74, 6) is 1.06. The van der Waals surface area contributed by atoms with E-state index in [1.807, 2.05) is 22.8 Å². The number of halogens is 1. The Morgan fingerprint density at radius 3 is 2.83 bits per heavy atom. The van der Waals surface area contributed by atoms with Crippen molar-refractivity contribution in [3.63, 3.8) is 0 Å². The van der Waals surface area contributed by atoms with Gasteiger partial charge in [0.05, 0.1) is 12.2 Å². The molecule has 124 valence electrons. The predicted octanol–water partition coefficient (Wildman–Crippen LogP) is 4.04. The fourth-order valence-corrected chi connectivity index (χ4v) is 2.94. The third kappa shape index (κ3) is 4.43. The SMILES string of the molecule is CC(=O)c1cnc2n1CCNC2C.CCCc1ccccc1Cl. The Morgan fingerprint density at radius 2 is 2.17 bits per heavy atom. The molecule has 0 saturated heterocycles. The third-order valence-electron chi connectivity index (χ3n) is 3.90. The first kappa shape index (κ1) is 17.7. The van der Waals surface area contributed by atoms with Crippen LogP contribution in [0.5, 0.6) is 0 Å². The van der Waals surface area contributed by atoms with E-state index in [0.29, 0.717) is 0 Å². The maximum atomic E-state index is 11.2. The lowest BCUT2D eigenvalue weighted by atomic mass is 10.1.